The van der Waals surface area contributed by atoms with Crippen LogP contribution in [0.1, 0.15) is 12.0 Å². The van der Waals surface area contributed by atoms with Crippen LogP contribution in [0.5, 0.6) is 5.75 Å². The molecule has 0 aliphatic rings. The van der Waals surface area contributed by atoms with Crippen molar-refractivity contribution in [1.82, 2.24) is 4.98 Å². The third-order valence-electron chi connectivity index (χ3n) is 2.77. The van der Waals surface area contributed by atoms with Gasteiger partial charge in [0.25, 0.3) is 0 Å². The monoisotopic (exact) mass is 271 g/mol. The van der Waals surface area contributed by atoms with Gasteiger partial charge in [0, 0.05) is 23.8 Å². The number of nitrogens with two attached hydrogens (primary N) is 1. The van der Waals surface area contributed by atoms with Crippen molar-refractivity contribution in [3.63, 3.8) is 0 Å². The van der Waals surface area contributed by atoms with Crippen LogP contribution in [0.3, 0.4) is 0 Å². The van der Waals surface area contributed by atoms with Gasteiger partial charge < -0.3 is 15.8 Å². The fourth-order valence-corrected chi connectivity index (χ4v) is 1.65. The molecule has 2 aromatic rings. The number of anilines is 2. The Balaban J connectivity index is 1.78. The van der Waals surface area contributed by atoms with Gasteiger partial charge >= 0.3 is 0 Å². The molecule has 0 radical (unpaired) electrons. The van der Waals surface area contributed by atoms with Gasteiger partial charge in [-0.15, -0.1) is 0 Å². The van der Waals surface area contributed by atoms with E-state index >= 15 is 0 Å². The number of nitrogens with zero attached hydrogens (tertiary/aromatic N) is 1. The summed E-state index contributed by atoms with van der Waals surface area (Å²) in [5.41, 5.74) is 7.97. The Labute approximate surface area is 117 Å². The molecule has 0 bridgehead atoms. The number of ether oxygens (including phenoxy) is 1. The van der Waals surface area contributed by atoms with Crippen molar-refractivity contribution in [2.45, 2.75) is 13.3 Å². The standard InChI is InChI=1S/C15H17N3O2/c1-11-10-17-8-6-14(11)18-15(19)7-9-20-13-4-2-12(16)3-5-13/h2-6,8,10H,7,9,16H2,1H3,(H,17,18,19). The molecule has 0 aliphatic carbocycles. The number of amides is 1. The first-order valence-electron chi connectivity index (χ1n) is 6.34. The molecule has 3 N–H and O–H groups in total. The predicted octanol–water partition coefficient (Wildman–Crippen LogP) is 2.38. The van der Waals surface area contributed by atoms with E-state index in [1.807, 2.05) is 6.92 Å². The van der Waals surface area contributed by atoms with Crippen LogP contribution in [-0.4, -0.2) is 17.5 Å². The summed E-state index contributed by atoms with van der Waals surface area (Å²) in [6.45, 7) is 2.22. The predicted molar refractivity (Wildman–Crippen MR) is 78.6 cm³/mol. The van der Waals surface area contributed by atoms with Crippen molar-refractivity contribution >= 4 is 17.3 Å². The van der Waals surface area contributed by atoms with Crippen molar-refractivity contribution in [1.29, 1.82) is 0 Å². The number of hydrogen-bond acceptors (Lipinski definition) is 4. The molecule has 1 amide bonds. The number of nitrogens with one attached hydrogen (secondary N) is 1. The number of benzene rings is 1. The normalized spacial score (nSPS) is 10.1. The van der Waals surface area contributed by atoms with Crippen molar-refractivity contribution in [3.8, 4) is 5.75 Å². The number of carbonyl (C=O) groups excluding carboxylic acids is 1. The third-order valence-corrected chi connectivity index (χ3v) is 2.77. The summed E-state index contributed by atoms with van der Waals surface area (Å²) in [4.78, 5) is 15.8. The fraction of sp³-hybridized carbons (Fsp3) is 0.200. The second kappa shape index (κ2) is 6.56. The number of carbonyl (C=O) groups is 1. The van der Waals surface area contributed by atoms with Gasteiger partial charge in [-0.1, -0.05) is 0 Å². The average Bonchev–Trinajstić information content (AvgIpc) is 2.44. The first kappa shape index (κ1) is 13.9. The summed E-state index contributed by atoms with van der Waals surface area (Å²) in [6, 6.07) is 8.85. The number of aryl methyl sites for hydroxylation is 1. The molecule has 20 heavy (non-hydrogen) atoms. The highest BCUT2D eigenvalue weighted by Crippen LogP contribution is 2.14. The van der Waals surface area contributed by atoms with Gasteiger partial charge in [-0.25, -0.2) is 0 Å². The molecule has 1 aromatic carbocycles. The van der Waals surface area contributed by atoms with E-state index in [1.165, 1.54) is 0 Å². The maximum absolute atomic E-state index is 11.8. The van der Waals surface area contributed by atoms with E-state index in [-0.39, 0.29) is 12.3 Å². The van der Waals surface area contributed by atoms with E-state index in [2.05, 4.69) is 10.3 Å². The maximum atomic E-state index is 11.8. The molecular formula is C15H17N3O2. The molecule has 0 saturated heterocycles. The fourth-order valence-electron chi connectivity index (χ4n) is 1.65. The zero-order valence-corrected chi connectivity index (χ0v) is 11.3. The molecule has 0 fully saturated rings. The number of rotatable bonds is 5. The largest absolute Gasteiger partial charge is 0.493 e. The van der Waals surface area contributed by atoms with Crippen LogP contribution >= 0.6 is 0 Å². The molecule has 0 saturated carbocycles. The highest BCUT2D eigenvalue weighted by atomic mass is 16.5. The second-order valence-corrected chi connectivity index (χ2v) is 4.41. The first-order valence-corrected chi connectivity index (χ1v) is 6.34. The highest BCUT2D eigenvalue weighted by molar-refractivity contribution is 5.91. The lowest BCUT2D eigenvalue weighted by molar-refractivity contribution is -0.116. The molecule has 1 aromatic heterocycles. The molecule has 104 valence electrons. The molecule has 2 rings (SSSR count). The summed E-state index contributed by atoms with van der Waals surface area (Å²) >= 11 is 0. The Hall–Kier alpha value is -2.56. The lowest BCUT2D eigenvalue weighted by Crippen LogP contribution is -2.15. The van der Waals surface area contributed by atoms with Crippen molar-refractivity contribution < 1.29 is 9.53 Å². The van der Waals surface area contributed by atoms with Gasteiger partial charge in [-0.2, -0.15) is 0 Å². The Morgan fingerprint density at radius 3 is 2.75 bits per heavy atom. The van der Waals surface area contributed by atoms with Gasteiger partial charge in [-0.3, -0.25) is 9.78 Å². The van der Waals surface area contributed by atoms with Crippen LogP contribution in [0.4, 0.5) is 11.4 Å². The Morgan fingerprint density at radius 1 is 1.30 bits per heavy atom. The van der Waals surface area contributed by atoms with Crippen molar-refractivity contribution in [2.75, 3.05) is 17.7 Å². The van der Waals surface area contributed by atoms with E-state index in [4.69, 9.17) is 10.5 Å². The summed E-state index contributed by atoms with van der Waals surface area (Å²) < 4.78 is 5.47. The summed E-state index contributed by atoms with van der Waals surface area (Å²) in [6.07, 6.45) is 3.64. The van der Waals surface area contributed by atoms with E-state index in [0.717, 1.165) is 11.3 Å². The van der Waals surface area contributed by atoms with Crippen molar-refractivity contribution in [2.24, 2.45) is 0 Å². The highest BCUT2D eigenvalue weighted by Gasteiger charge is 2.05. The molecule has 1 heterocycles. The van der Waals surface area contributed by atoms with E-state index in [0.29, 0.717) is 18.0 Å². The number of hydrogen-bond donors (Lipinski definition) is 2. The van der Waals surface area contributed by atoms with Gasteiger partial charge in [0.15, 0.2) is 0 Å². The van der Waals surface area contributed by atoms with Gasteiger partial charge in [0.2, 0.25) is 5.91 Å². The van der Waals surface area contributed by atoms with Crippen LogP contribution in [0.25, 0.3) is 0 Å². The molecule has 5 heteroatoms. The Morgan fingerprint density at radius 2 is 2.05 bits per heavy atom. The molecule has 5 nitrogen and oxygen atoms in total. The van der Waals surface area contributed by atoms with Crippen LogP contribution in [-0.2, 0) is 4.79 Å². The number of aromatic nitrogens is 1. The Kier molecular flexibility index (Phi) is 4.55. The van der Waals surface area contributed by atoms with Crippen LogP contribution in [0.2, 0.25) is 0 Å². The first-order chi connectivity index (χ1) is 9.65. The van der Waals surface area contributed by atoms with E-state index in [1.54, 1.807) is 42.7 Å². The maximum Gasteiger partial charge on any atom is 0.227 e. The lowest BCUT2D eigenvalue weighted by atomic mass is 10.2. The van der Waals surface area contributed by atoms with E-state index < -0.39 is 0 Å². The molecule has 0 unspecified atom stereocenters. The topological polar surface area (TPSA) is 77.2 Å². The minimum atomic E-state index is -0.0882. The smallest absolute Gasteiger partial charge is 0.227 e. The lowest BCUT2D eigenvalue weighted by Gasteiger charge is -2.09. The zero-order chi connectivity index (χ0) is 14.4. The summed E-state index contributed by atoms with van der Waals surface area (Å²) in [7, 11) is 0. The SMILES string of the molecule is Cc1cnccc1NC(=O)CCOc1ccc(N)cc1. The summed E-state index contributed by atoms with van der Waals surface area (Å²) in [5, 5.41) is 2.83. The van der Waals surface area contributed by atoms with Crippen LogP contribution in [0, 0.1) is 6.92 Å². The Bertz CT molecular complexity index is 582. The average molecular weight is 271 g/mol. The molecule has 0 aliphatic heterocycles. The zero-order valence-electron chi connectivity index (χ0n) is 11.3. The van der Waals surface area contributed by atoms with Gasteiger partial charge in [0.1, 0.15) is 5.75 Å². The quantitative estimate of drug-likeness (QED) is 0.818. The molecule has 0 spiro atoms. The summed E-state index contributed by atoms with van der Waals surface area (Å²) in [5.74, 6) is 0.613. The molecular weight excluding hydrogens is 254 g/mol. The molecule has 0 atom stereocenters. The minimum absolute atomic E-state index is 0.0882. The van der Waals surface area contributed by atoms with Crippen molar-refractivity contribution in [3.05, 3.63) is 48.3 Å². The van der Waals surface area contributed by atoms with Crippen LogP contribution < -0.4 is 15.8 Å². The number of pyridine rings is 1. The number of nitrogen functional groups attached to an aromatic ring is 1. The van der Waals surface area contributed by atoms with E-state index in [9.17, 15) is 4.79 Å². The third kappa shape index (κ3) is 3.98. The second-order valence-electron chi connectivity index (χ2n) is 4.41. The van der Waals surface area contributed by atoms with Crippen LogP contribution in [0.15, 0.2) is 42.7 Å². The van der Waals surface area contributed by atoms with Gasteiger partial charge in [0.05, 0.1) is 13.0 Å². The minimum Gasteiger partial charge on any atom is -0.493 e. The van der Waals surface area contributed by atoms with Gasteiger partial charge in [-0.05, 0) is 42.8 Å².